The van der Waals surface area contributed by atoms with Gasteiger partial charge in [0.1, 0.15) is 0 Å². The molecule has 1 saturated carbocycles. The zero-order chi connectivity index (χ0) is 13.7. The Labute approximate surface area is 116 Å². The van der Waals surface area contributed by atoms with Gasteiger partial charge < -0.3 is 10.1 Å². The van der Waals surface area contributed by atoms with Gasteiger partial charge in [-0.15, -0.1) is 0 Å². The molecule has 2 rings (SSSR count). The molecule has 19 heavy (non-hydrogen) atoms. The highest BCUT2D eigenvalue weighted by Crippen LogP contribution is 2.28. The summed E-state index contributed by atoms with van der Waals surface area (Å²) in [5, 5.41) is 3.58. The molecule has 0 aromatic rings. The summed E-state index contributed by atoms with van der Waals surface area (Å²) in [6.45, 7) is 5.21. The summed E-state index contributed by atoms with van der Waals surface area (Å²) in [5.41, 5.74) is 0. The van der Waals surface area contributed by atoms with Crippen LogP contribution in [0.5, 0.6) is 0 Å². The van der Waals surface area contributed by atoms with Crippen LogP contribution in [0.4, 0.5) is 0 Å². The largest absolute Gasteiger partial charge is 0.469 e. The van der Waals surface area contributed by atoms with Gasteiger partial charge >= 0.3 is 5.97 Å². The SMILES string of the molecule is CCCNC1CC(C(=O)OC)CN(C2CCCC2)C1. The number of piperidine rings is 1. The first-order chi connectivity index (χ1) is 9.24. The fourth-order valence-corrected chi connectivity index (χ4v) is 3.53. The number of esters is 1. The zero-order valence-corrected chi connectivity index (χ0v) is 12.4. The quantitative estimate of drug-likeness (QED) is 0.772. The summed E-state index contributed by atoms with van der Waals surface area (Å²) >= 11 is 0. The third kappa shape index (κ3) is 3.93. The lowest BCUT2D eigenvalue weighted by molar-refractivity contribution is -0.148. The molecule has 1 saturated heterocycles. The van der Waals surface area contributed by atoms with Gasteiger partial charge in [0.05, 0.1) is 13.0 Å². The summed E-state index contributed by atoms with van der Waals surface area (Å²) in [6, 6.07) is 1.14. The Morgan fingerprint density at radius 3 is 2.68 bits per heavy atom. The summed E-state index contributed by atoms with van der Waals surface area (Å²) < 4.78 is 4.96. The number of hydrogen-bond acceptors (Lipinski definition) is 4. The number of likely N-dealkylation sites (tertiary alicyclic amines) is 1. The van der Waals surface area contributed by atoms with Crippen molar-refractivity contribution in [1.82, 2.24) is 10.2 Å². The molecule has 4 nitrogen and oxygen atoms in total. The maximum absolute atomic E-state index is 11.9. The minimum atomic E-state index is -0.0361. The Hall–Kier alpha value is -0.610. The molecule has 0 spiro atoms. The molecule has 0 radical (unpaired) electrons. The number of nitrogens with one attached hydrogen (secondary N) is 1. The third-order valence-corrected chi connectivity index (χ3v) is 4.54. The predicted octanol–water partition coefficient (Wildman–Crippen LogP) is 1.79. The predicted molar refractivity (Wildman–Crippen MR) is 76.0 cm³/mol. The molecule has 1 aliphatic heterocycles. The second-order valence-corrected chi connectivity index (χ2v) is 6.00. The molecule has 1 heterocycles. The van der Waals surface area contributed by atoms with E-state index in [0.717, 1.165) is 32.5 Å². The van der Waals surface area contributed by atoms with E-state index in [4.69, 9.17) is 4.74 Å². The van der Waals surface area contributed by atoms with Crippen molar-refractivity contribution in [3.63, 3.8) is 0 Å². The van der Waals surface area contributed by atoms with Gasteiger partial charge in [-0.1, -0.05) is 19.8 Å². The molecule has 1 N–H and O–H groups in total. The summed E-state index contributed by atoms with van der Waals surface area (Å²) in [7, 11) is 1.51. The summed E-state index contributed by atoms with van der Waals surface area (Å²) in [5.74, 6) is 0.0136. The first-order valence-corrected chi connectivity index (χ1v) is 7.79. The minimum absolute atomic E-state index is 0.0361. The van der Waals surface area contributed by atoms with Gasteiger partial charge in [-0.2, -0.15) is 0 Å². The minimum Gasteiger partial charge on any atom is -0.469 e. The summed E-state index contributed by atoms with van der Waals surface area (Å²) in [6.07, 6.45) is 7.36. The number of hydrogen-bond donors (Lipinski definition) is 1. The van der Waals surface area contributed by atoms with Gasteiger partial charge in [0.2, 0.25) is 0 Å². The van der Waals surface area contributed by atoms with Gasteiger partial charge in [-0.25, -0.2) is 0 Å². The van der Waals surface area contributed by atoms with E-state index in [-0.39, 0.29) is 11.9 Å². The van der Waals surface area contributed by atoms with E-state index in [1.165, 1.54) is 32.8 Å². The Kier molecular flexibility index (Phi) is 5.64. The smallest absolute Gasteiger partial charge is 0.310 e. The van der Waals surface area contributed by atoms with E-state index in [9.17, 15) is 4.79 Å². The van der Waals surface area contributed by atoms with Crippen molar-refractivity contribution in [1.29, 1.82) is 0 Å². The van der Waals surface area contributed by atoms with Crippen LogP contribution in [0.1, 0.15) is 45.4 Å². The molecule has 2 atom stereocenters. The van der Waals surface area contributed by atoms with E-state index in [1.807, 2.05) is 0 Å². The molecule has 2 unspecified atom stereocenters. The van der Waals surface area contributed by atoms with Crippen molar-refractivity contribution in [3.8, 4) is 0 Å². The van der Waals surface area contributed by atoms with E-state index in [2.05, 4.69) is 17.1 Å². The third-order valence-electron chi connectivity index (χ3n) is 4.54. The molecule has 2 fully saturated rings. The van der Waals surface area contributed by atoms with Crippen molar-refractivity contribution in [2.45, 2.75) is 57.5 Å². The van der Waals surface area contributed by atoms with Crippen molar-refractivity contribution >= 4 is 5.97 Å². The van der Waals surface area contributed by atoms with Crippen LogP contribution >= 0.6 is 0 Å². The highest BCUT2D eigenvalue weighted by atomic mass is 16.5. The monoisotopic (exact) mass is 268 g/mol. The van der Waals surface area contributed by atoms with E-state index in [1.54, 1.807) is 0 Å². The topological polar surface area (TPSA) is 41.6 Å². The van der Waals surface area contributed by atoms with Crippen LogP contribution in [0.2, 0.25) is 0 Å². The first-order valence-electron chi connectivity index (χ1n) is 7.79. The molecule has 4 heteroatoms. The molecular formula is C15H28N2O2. The molecular weight excluding hydrogens is 240 g/mol. The maximum atomic E-state index is 11.9. The van der Waals surface area contributed by atoms with Crippen molar-refractivity contribution in [2.75, 3.05) is 26.7 Å². The molecule has 1 aliphatic carbocycles. The second kappa shape index (κ2) is 7.25. The van der Waals surface area contributed by atoms with Gasteiger partial charge in [0.25, 0.3) is 0 Å². The molecule has 0 bridgehead atoms. The highest BCUT2D eigenvalue weighted by Gasteiger charge is 2.35. The number of ether oxygens (including phenoxy) is 1. The molecule has 0 aromatic carbocycles. The molecule has 0 amide bonds. The summed E-state index contributed by atoms with van der Waals surface area (Å²) in [4.78, 5) is 14.4. The lowest BCUT2D eigenvalue weighted by Gasteiger charge is -2.40. The van der Waals surface area contributed by atoms with Crippen LogP contribution in [0.25, 0.3) is 0 Å². The van der Waals surface area contributed by atoms with Crippen LogP contribution in [-0.4, -0.2) is 49.7 Å². The van der Waals surface area contributed by atoms with Crippen molar-refractivity contribution in [3.05, 3.63) is 0 Å². The van der Waals surface area contributed by atoms with Crippen molar-refractivity contribution in [2.24, 2.45) is 5.92 Å². The second-order valence-electron chi connectivity index (χ2n) is 6.00. The van der Waals surface area contributed by atoms with Crippen LogP contribution in [0.3, 0.4) is 0 Å². The van der Waals surface area contributed by atoms with Gasteiger partial charge in [0, 0.05) is 25.2 Å². The van der Waals surface area contributed by atoms with E-state index >= 15 is 0 Å². The Morgan fingerprint density at radius 2 is 2.05 bits per heavy atom. The highest BCUT2D eigenvalue weighted by molar-refractivity contribution is 5.72. The van der Waals surface area contributed by atoms with Crippen LogP contribution in [0.15, 0.2) is 0 Å². The fourth-order valence-electron chi connectivity index (χ4n) is 3.53. The van der Waals surface area contributed by atoms with E-state index < -0.39 is 0 Å². The van der Waals surface area contributed by atoms with E-state index in [0.29, 0.717) is 12.1 Å². The average molecular weight is 268 g/mol. The lowest BCUT2D eigenvalue weighted by atomic mass is 9.92. The average Bonchev–Trinajstić information content (AvgIpc) is 2.98. The van der Waals surface area contributed by atoms with Crippen LogP contribution < -0.4 is 5.32 Å². The number of nitrogens with zero attached hydrogens (tertiary/aromatic N) is 1. The number of methoxy groups -OCH3 is 1. The van der Waals surface area contributed by atoms with Crippen LogP contribution in [-0.2, 0) is 9.53 Å². The standard InChI is InChI=1S/C15H28N2O2/c1-3-8-16-13-9-12(15(18)19-2)10-17(11-13)14-6-4-5-7-14/h12-14,16H,3-11H2,1-2H3. The maximum Gasteiger partial charge on any atom is 0.310 e. The number of carbonyl (C=O) groups is 1. The number of rotatable bonds is 5. The molecule has 110 valence electrons. The van der Waals surface area contributed by atoms with Gasteiger partial charge in [0.15, 0.2) is 0 Å². The Bertz CT molecular complexity index is 290. The molecule has 0 aromatic heterocycles. The lowest BCUT2D eigenvalue weighted by Crippen LogP contribution is -2.53. The van der Waals surface area contributed by atoms with Gasteiger partial charge in [-0.3, -0.25) is 9.69 Å². The zero-order valence-electron chi connectivity index (χ0n) is 12.4. The normalized spacial score (nSPS) is 29.6. The first kappa shape index (κ1) is 14.8. The Balaban J connectivity index is 1.96. The number of carbonyl (C=O) groups excluding carboxylic acids is 1. The Morgan fingerprint density at radius 1 is 1.32 bits per heavy atom. The van der Waals surface area contributed by atoms with Gasteiger partial charge in [-0.05, 0) is 32.2 Å². The fraction of sp³-hybridized carbons (Fsp3) is 0.933. The van der Waals surface area contributed by atoms with Crippen LogP contribution in [0, 0.1) is 5.92 Å². The van der Waals surface area contributed by atoms with Crippen molar-refractivity contribution < 1.29 is 9.53 Å². The molecule has 2 aliphatic rings.